The number of nitrogens with one attached hydrogen (secondary N) is 2. The molecule has 3 rings (SSSR count). The summed E-state index contributed by atoms with van der Waals surface area (Å²) in [5, 5.41) is 5.60. The molecule has 0 atom stereocenters. The fourth-order valence-corrected chi connectivity index (χ4v) is 4.34. The molecule has 33 heavy (non-hydrogen) atoms. The third-order valence-electron chi connectivity index (χ3n) is 4.69. The number of ether oxygens (including phenoxy) is 1. The molecular formula is C24H25N3O4S2. The van der Waals surface area contributed by atoms with E-state index in [0.717, 1.165) is 6.42 Å². The first-order valence-corrected chi connectivity index (χ1v) is 12.2. The Labute approximate surface area is 199 Å². The van der Waals surface area contributed by atoms with Gasteiger partial charge in [0.2, 0.25) is 0 Å². The van der Waals surface area contributed by atoms with Crippen molar-refractivity contribution in [3.8, 4) is 5.75 Å². The van der Waals surface area contributed by atoms with Crippen molar-refractivity contribution in [3.63, 3.8) is 0 Å². The van der Waals surface area contributed by atoms with Crippen molar-refractivity contribution in [3.05, 3.63) is 84.4 Å². The molecule has 0 saturated carbocycles. The van der Waals surface area contributed by atoms with Gasteiger partial charge in [-0.05, 0) is 73.2 Å². The van der Waals surface area contributed by atoms with Crippen LogP contribution in [0.2, 0.25) is 0 Å². The monoisotopic (exact) mass is 483 g/mol. The second kappa shape index (κ2) is 10.9. The highest BCUT2D eigenvalue weighted by Gasteiger charge is 2.21. The molecular weight excluding hydrogens is 458 g/mol. The van der Waals surface area contributed by atoms with E-state index in [0.29, 0.717) is 29.3 Å². The summed E-state index contributed by atoms with van der Waals surface area (Å²) in [6.07, 6.45) is 0.868. The lowest BCUT2D eigenvalue weighted by Crippen LogP contribution is -2.34. The Morgan fingerprint density at radius 2 is 1.70 bits per heavy atom. The summed E-state index contributed by atoms with van der Waals surface area (Å²) < 4.78 is 32.5. The Morgan fingerprint density at radius 3 is 2.36 bits per heavy atom. The normalized spacial score (nSPS) is 10.8. The lowest BCUT2D eigenvalue weighted by Gasteiger charge is -2.19. The number of hydrogen-bond donors (Lipinski definition) is 2. The van der Waals surface area contributed by atoms with E-state index in [2.05, 4.69) is 10.6 Å². The molecule has 9 heteroatoms. The summed E-state index contributed by atoms with van der Waals surface area (Å²) in [7, 11) is -2.21. The fraction of sp³-hybridized carbons (Fsp3) is 0.167. The second-order valence-electron chi connectivity index (χ2n) is 7.12. The van der Waals surface area contributed by atoms with Crippen LogP contribution in [0.25, 0.3) is 0 Å². The van der Waals surface area contributed by atoms with Crippen LogP contribution in [0.5, 0.6) is 5.75 Å². The van der Waals surface area contributed by atoms with E-state index in [1.54, 1.807) is 60.7 Å². The molecule has 3 aromatic carbocycles. The van der Waals surface area contributed by atoms with Crippen LogP contribution in [0.4, 0.5) is 11.4 Å². The zero-order valence-corrected chi connectivity index (χ0v) is 19.9. The Hall–Kier alpha value is -3.43. The molecule has 0 aliphatic heterocycles. The van der Waals surface area contributed by atoms with Gasteiger partial charge in [0.25, 0.3) is 15.9 Å². The van der Waals surface area contributed by atoms with Gasteiger partial charge in [-0.2, -0.15) is 0 Å². The standard InChI is InChI=1S/C24H25N3O4S2/c1-3-16-31-21-11-7-8-18(17-21)23(28)26-24(32)25-19-12-14-22(15-13-19)33(29,30)27(2)20-9-5-4-6-10-20/h4-15,17H,3,16H2,1-2H3,(H2,25,26,28,32). The lowest BCUT2D eigenvalue weighted by molar-refractivity contribution is 0.0977. The van der Waals surface area contributed by atoms with E-state index in [-0.39, 0.29) is 15.9 Å². The first-order valence-electron chi connectivity index (χ1n) is 10.3. The predicted octanol–water partition coefficient (Wildman–Crippen LogP) is 4.43. The largest absolute Gasteiger partial charge is 0.494 e. The molecule has 1 amide bonds. The van der Waals surface area contributed by atoms with Crippen molar-refractivity contribution in [2.75, 3.05) is 23.3 Å². The molecule has 0 aliphatic carbocycles. The number of para-hydroxylation sites is 1. The second-order valence-corrected chi connectivity index (χ2v) is 9.49. The number of hydrogen-bond acceptors (Lipinski definition) is 5. The Kier molecular flexibility index (Phi) is 8.02. The summed E-state index contributed by atoms with van der Waals surface area (Å²) >= 11 is 5.23. The van der Waals surface area contributed by atoms with Gasteiger partial charge < -0.3 is 10.1 Å². The number of amides is 1. The maximum Gasteiger partial charge on any atom is 0.264 e. The molecule has 0 saturated heterocycles. The van der Waals surface area contributed by atoms with Crippen LogP contribution in [0.1, 0.15) is 23.7 Å². The SMILES string of the molecule is CCCOc1cccc(C(=O)NC(=S)Nc2ccc(S(=O)(=O)N(C)c3ccccc3)cc2)c1. The van der Waals surface area contributed by atoms with E-state index in [1.165, 1.54) is 23.5 Å². The fourth-order valence-electron chi connectivity index (χ4n) is 2.93. The van der Waals surface area contributed by atoms with E-state index in [4.69, 9.17) is 17.0 Å². The van der Waals surface area contributed by atoms with Gasteiger partial charge in [-0.25, -0.2) is 8.42 Å². The number of carbonyl (C=O) groups is 1. The molecule has 172 valence electrons. The van der Waals surface area contributed by atoms with Crippen LogP contribution in [0.3, 0.4) is 0 Å². The van der Waals surface area contributed by atoms with Crippen LogP contribution in [-0.4, -0.2) is 33.1 Å². The van der Waals surface area contributed by atoms with E-state index in [9.17, 15) is 13.2 Å². The number of anilines is 2. The third-order valence-corrected chi connectivity index (χ3v) is 6.69. The lowest BCUT2D eigenvalue weighted by atomic mass is 10.2. The van der Waals surface area contributed by atoms with Gasteiger partial charge in [-0.3, -0.25) is 14.4 Å². The maximum atomic E-state index is 12.9. The highest BCUT2D eigenvalue weighted by molar-refractivity contribution is 7.92. The van der Waals surface area contributed by atoms with E-state index >= 15 is 0 Å². The Bertz CT molecular complexity index is 1210. The molecule has 0 aromatic heterocycles. The van der Waals surface area contributed by atoms with Crippen molar-refractivity contribution in [1.29, 1.82) is 0 Å². The van der Waals surface area contributed by atoms with Gasteiger partial charge in [-0.1, -0.05) is 31.2 Å². The van der Waals surface area contributed by atoms with Gasteiger partial charge in [0, 0.05) is 18.3 Å². The number of thiocarbonyl (C=S) groups is 1. The number of sulfonamides is 1. The highest BCUT2D eigenvalue weighted by Crippen LogP contribution is 2.23. The van der Waals surface area contributed by atoms with Crippen molar-refractivity contribution in [1.82, 2.24) is 5.32 Å². The molecule has 0 spiro atoms. The van der Waals surface area contributed by atoms with Crippen LogP contribution in [0.15, 0.2) is 83.8 Å². The highest BCUT2D eigenvalue weighted by atomic mass is 32.2. The number of carbonyl (C=O) groups excluding carboxylic acids is 1. The number of rotatable bonds is 8. The summed E-state index contributed by atoms with van der Waals surface area (Å²) in [5.41, 5.74) is 1.52. The average molecular weight is 484 g/mol. The molecule has 0 unspecified atom stereocenters. The minimum absolute atomic E-state index is 0.0943. The minimum Gasteiger partial charge on any atom is -0.494 e. The first kappa shape index (κ1) is 24.2. The molecule has 0 bridgehead atoms. The predicted molar refractivity (Wildman–Crippen MR) is 134 cm³/mol. The summed E-state index contributed by atoms with van der Waals surface area (Å²) in [6, 6.07) is 21.8. The quantitative estimate of drug-likeness (QED) is 0.461. The minimum atomic E-state index is -3.71. The first-order chi connectivity index (χ1) is 15.8. The molecule has 7 nitrogen and oxygen atoms in total. The zero-order valence-electron chi connectivity index (χ0n) is 18.3. The van der Waals surface area contributed by atoms with Crippen molar-refractivity contribution in [2.45, 2.75) is 18.2 Å². The third kappa shape index (κ3) is 6.30. The molecule has 0 fully saturated rings. The zero-order chi connectivity index (χ0) is 23.8. The topological polar surface area (TPSA) is 87.7 Å². The van der Waals surface area contributed by atoms with E-state index in [1.807, 2.05) is 13.0 Å². The summed E-state index contributed by atoms with van der Waals surface area (Å²) in [5.74, 6) is 0.235. The van der Waals surface area contributed by atoms with Crippen molar-refractivity contribution in [2.24, 2.45) is 0 Å². The van der Waals surface area contributed by atoms with Crippen LogP contribution >= 0.6 is 12.2 Å². The van der Waals surface area contributed by atoms with Gasteiger partial charge in [0.1, 0.15) is 5.75 Å². The smallest absolute Gasteiger partial charge is 0.264 e. The van der Waals surface area contributed by atoms with Crippen molar-refractivity contribution < 1.29 is 17.9 Å². The van der Waals surface area contributed by atoms with Gasteiger partial charge in [0.05, 0.1) is 17.2 Å². The molecule has 0 aliphatic rings. The molecule has 2 N–H and O–H groups in total. The molecule has 0 radical (unpaired) electrons. The Balaban J connectivity index is 1.63. The maximum absolute atomic E-state index is 12.9. The van der Waals surface area contributed by atoms with Gasteiger partial charge >= 0.3 is 0 Å². The van der Waals surface area contributed by atoms with E-state index < -0.39 is 10.0 Å². The van der Waals surface area contributed by atoms with Gasteiger partial charge in [0.15, 0.2) is 5.11 Å². The van der Waals surface area contributed by atoms with Crippen LogP contribution < -0.4 is 19.7 Å². The van der Waals surface area contributed by atoms with Crippen LogP contribution in [0, 0.1) is 0 Å². The van der Waals surface area contributed by atoms with Gasteiger partial charge in [-0.15, -0.1) is 0 Å². The molecule has 0 heterocycles. The average Bonchev–Trinajstić information content (AvgIpc) is 2.83. The molecule has 3 aromatic rings. The Morgan fingerprint density at radius 1 is 1.00 bits per heavy atom. The summed E-state index contributed by atoms with van der Waals surface area (Å²) in [4.78, 5) is 12.6. The van der Waals surface area contributed by atoms with Crippen molar-refractivity contribution >= 4 is 44.6 Å². The number of benzene rings is 3. The number of nitrogens with zero attached hydrogens (tertiary/aromatic N) is 1. The summed E-state index contributed by atoms with van der Waals surface area (Å²) in [6.45, 7) is 2.57. The van der Waals surface area contributed by atoms with Crippen LogP contribution in [-0.2, 0) is 10.0 Å².